The number of hydrogen-bond donors (Lipinski definition) is 3. The molecule has 0 radical (unpaired) electrons. The molecule has 0 unspecified atom stereocenters. The number of aromatic hydroxyl groups is 1. The van der Waals surface area contributed by atoms with Crippen LogP contribution in [-0.4, -0.2) is 48.4 Å². The van der Waals surface area contributed by atoms with E-state index in [1.54, 1.807) is 31.4 Å². The summed E-state index contributed by atoms with van der Waals surface area (Å²) in [5.41, 5.74) is 8.07. The van der Waals surface area contributed by atoms with Crippen molar-refractivity contribution in [2.75, 3.05) is 20.8 Å². The van der Waals surface area contributed by atoms with Crippen LogP contribution in [0.15, 0.2) is 60.7 Å². The Labute approximate surface area is 250 Å². The second-order valence-electron chi connectivity index (χ2n) is 11.3. The Hall–Kier alpha value is -4.50. The van der Waals surface area contributed by atoms with Crippen molar-refractivity contribution in [3.8, 4) is 28.5 Å². The van der Waals surface area contributed by atoms with E-state index < -0.39 is 11.9 Å². The number of ether oxygens (including phenoxy) is 2. The van der Waals surface area contributed by atoms with Gasteiger partial charge in [0.1, 0.15) is 29.9 Å². The van der Waals surface area contributed by atoms with Gasteiger partial charge in [0, 0.05) is 34.5 Å². The summed E-state index contributed by atoms with van der Waals surface area (Å²) < 4.78 is 14.0. The Morgan fingerprint density at radius 3 is 2.56 bits per heavy atom. The number of methoxy groups -OCH3 is 1. The largest absolute Gasteiger partial charge is 0.508 e. The molecule has 2 aliphatic rings. The van der Waals surface area contributed by atoms with E-state index in [0.29, 0.717) is 24.6 Å². The van der Waals surface area contributed by atoms with Gasteiger partial charge < -0.3 is 24.5 Å². The van der Waals surface area contributed by atoms with Crippen LogP contribution in [0.1, 0.15) is 59.5 Å². The van der Waals surface area contributed by atoms with E-state index in [4.69, 9.17) is 14.3 Å². The highest BCUT2D eigenvalue weighted by atomic mass is 16.6. The van der Waals surface area contributed by atoms with Crippen LogP contribution < -0.4 is 20.3 Å². The highest BCUT2D eigenvalue weighted by Crippen LogP contribution is 2.47. The summed E-state index contributed by atoms with van der Waals surface area (Å²) in [5, 5.41) is 13.7. The molecule has 4 aromatic rings. The van der Waals surface area contributed by atoms with Crippen molar-refractivity contribution in [3.63, 3.8) is 0 Å². The van der Waals surface area contributed by atoms with Crippen LogP contribution in [0.4, 0.5) is 0 Å². The lowest BCUT2D eigenvalue weighted by molar-refractivity contribution is -0.133. The van der Waals surface area contributed by atoms with Gasteiger partial charge in [-0.05, 0) is 66.3 Å². The third kappa shape index (κ3) is 5.77. The third-order valence-electron chi connectivity index (χ3n) is 8.60. The minimum absolute atomic E-state index is 0.130. The van der Waals surface area contributed by atoms with Gasteiger partial charge >= 0.3 is 0 Å². The highest BCUT2D eigenvalue weighted by molar-refractivity contribution is 6.02. The zero-order valence-electron chi connectivity index (χ0n) is 24.5. The number of aromatic nitrogens is 1. The number of benzene rings is 3. The molecule has 43 heavy (non-hydrogen) atoms. The molecule has 1 aliphatic heterocycles. The second kappa shape index (κ2) is 12.4. The molecule has 1 aromatic heterocycles. The fourth-order valence-electron chi connectivity index (χ4n) is 6.53. The average molecular weight is 584 g/mol. The molecular formula is C34H37N3O6. The SMILES string of the molecule is CONC(=O)[C@H](Cc1ccc(O)cc1)NC(=O)c1ccc2c(C3CCCCC3)c3n(c2c1)CCOc1cc(OC)ccc1-3. The number of nitrogens with zero attached hydrogens (tertiary/aromatic N) is 1. The number of carbonyl (C=O) groups excluding carboxylic acids is 2. The first-order chi connectivity index (χ1) is 21.0. The zero-order chi connectivity index (χ0) is 29.9. The number of carbonyl (C=O) groups is 2. The number of hydroxylamine groups is 1. The summed E-state index contributed by atoms with van der Waals surface area (Å²) in [6, 6.07) is 17.5. The van der Waals surface area contributed by atoms with E-state index in [1.165, 1.54) is 31.9 Å². The van der Waals surface area contributed by atoms with Crippen LogP contribution in [0.25, 0.3) is 22.2 Å². The van der Waals surface area contributed by atoms with E-state index in [2.05, 4.69) is 27.5 Å². The molecule has 9 nitrogen and oxygen atoms in total. The van der Waals surface area contributed by atoms with Crippen LogP contribution in [0.5, 0.6) is 17.2 Å². The van der Waals surface area contributed by atoms with Gasteiger partial charge in [-0.25, -0.2) is 5.48 Å². The molecule has 3 N–H and O–H groups in total. The lowest BCUT2D eigenvalue weighted by atomic mass is 9.81. The summed E-state index contributed by atoms with van der Waals surface area (Å²) in [4.78, 5) is 31.3. The molecule has 1 aliphatic carbocycles. The van der Waals surface area contributed by atoms with Gasteiger partial charge in [-0.1, -0.05) is 37.5 Å². The molecule has 6 rings (SSSR count). The van der Waals surface area contributed by atoms with Crippen molar-refractivity contribution in [2.45, 2.75) is 57.0 Å². The van der Waals surface area contributed by atoms with E-state index in [9.17, 15) is 14.7 Å². The Morgan fingerprint density at radius 1 is 1.02 bits per heavy atom. The van der Waals surface area contributed by atoms with Crippen molar-refractivity contribution < 1.29 is 29.0 Å². The molecule has 9 heteroatoms. The van der Waals surface area contributed by atoms with E-state index >= 15 is 0 Å². The molecule has 2 heterocycles. The Bertz CT molecular complexity index is 1640. The van der Waals surface area contributed by atoms with Crippen molar-refractivity contribution >= 4 is 22.7 Å². The quantitative estimate of drug-likeness (QED) is 0.237. The van der Waals surface area contributed by atoms with Crippen molar-refractivity contribution in [1.29, 1.82) is 0 Å². The minimum atomic E-state index is -0.884. The predicted octanol–water partition coefficient (Wildman–Crippen LogP) is 5.48. The molecule has 1 saturated carbocycles. The van der Waals surface area contributed by atoms with E-state index in [1.807, 2.05) is 24.3 Å². The zero-order valence-corrected chi connectivity index (χ0v) is 24.5. The normalized spacial score (nSPS) is 15.5. The smallest absolute Gasteiger partial charge is 0.266 e. The predicted molar refractivity (Wildman–Crippen MR) is 163 cm³/mol. The standard InChI is InChI=1S/C34H37N3O6/c1-41-25-13-15-27-30(20-25)43-17-16-37-29-19-23(10-14-26(29)31(32(27)37)22-6-4-3-5-7-22)33(39)35-28(34(40)36-42-2)18-21-8-11-24(38)12-9-21/h8-15,19-20,22,28,38H,3-7,16-18H2,1-2H3,(H,35,39)(H,36,40)/t28-/m0/s1. The Morgan fingerprint density at radius 2 is 1.81 bits per heavy atom. The summed E-state index contributed by atoms with van der Waals surface area (Å²) in [6.07, 6.45) is 6.16. The number of hydrogen-bond acceptors (Lipinski definition) is 6. The van der Waals surface area contributed by atoms with E-state index in [0.717, 1.165) is 52.1 Å². The van der Waals surface area contributed by atoms with Gasteiger partial charge in [-0.2, -0.15) is 0 Å². The molecule has 2 amide bonds. The van der Waals surface area contributed by atoms with Gasteiger partial charge in [0.2, 0.25) is 0 Å². The maximum Gasteiger partial charge on any atom is 0.266 e. The molecule has 0 spiro atoms. The van der Waals surface area contributed by atoms with Crippen LogP contribution in [0.3, 0.4) is 0 Å². The lowest BCUT2D eigenvalue weighted by Crippen LogP contribution is -2.47. The lowest BCUT2D eigenvalue weighted by Gasteiger charge is -2.23. The molecule has 0 saturated heterocycles. The summed E-state index contributed by atoms with van der Waals surface area (Å²) in [6.45, 7) is 1.13. The second-order valence-corrected chi connectivity index (χ2v) is 11.3. The van der Waals surface area contributed by atoms with Gasteiger partial charge in [0.25, 0.3) is 11.8 Å². The van der Waals surface area contributed by atoms with E-state index in [-0.39, 0.29) is 18.1 Å². The first-order valence-electron chi connectivity index (χ1n) is 14.9. The topological polar surface area (TPSA) is 111 Å². The first-order valence-corrected chi connectivity index (χ1v) is 14.9. The van der Waals surface area contributed by atoms with Crippen molar-refractivity contribution in [1.82, 2.24) is 15.4 Å². The Kier molecular flexibility index (Phi) is 8.24. The van der Waals surface area contributed by atoms with Gasteiger partial charge in [-0.3, -0.25) is 14.4 Å². The number of fused-ring (bicyclic) bond motifs is 5. The van der Waals surface area contributed by atoms with Crippen LogP contribution >= 0.6 is 0 Å². The van der Waals surface area contributed by atoms with Crippen LogP contribution in [-0.2, 0) is 22.6 Å². The fraction of sp³-hybridized carbons (Fsp3) is 0.353. The number of phenols is 1. The summed E-state index contributed by atoms with van der Waals surface area (Å²) in [7, 11) is 3.01. The van der Waals surface area contributed by atoms with Crippen LogP contribution in [0.2, 0.25) is 0 Å². The van der Waals surface area contributed by atoms with Crippen LogP contribution in [0, 0.1) is 0 Å². The Balaban J connectivity index is 1.40. The molecule has 224 valence electrons. The van der Waals surface area contributed by atoms with Crippen molar-refractivity contribution in [3.05, 3.63) is 77.4 Å². The molecule has 0 bridgehead atoms. The van der Waals surface area contributed by atoms with Gasteiger partial charge in [0.05, 0.1) is 26.5 Å². The molecule has 1 fully saturated rings. The monoisotopic (exact) mass is 583 g/mol. The first kappa shape index (κ1) is 28.6. The maximum atomic E-state index is 13.6. The number of amides is 2. The number of rotatable bonds is 8. The van der Waals surface area contributed by atoms with Crippen molar-refractivity contribution in [2.24, 2.45) is 0 Å². The van der Waals surface area contributed by atoms with Gasteiger partial charge in [0.15, 0.2) is 0 Å². The summed E-state index contributed by atoms with van der Waals surface area (Å²) in [5.74, 6) is 1.28. The number of phenolic OH excluding ortho intramolecular Hbond substituents is 1. The molecule has 3 aromatic carbocycles. The fourth-order valence-corrected chi connectivity index (χ4v) is 6.53. The third-order valence-corrected chi connectivity index (χ3v) is 8.60. The maximum absolute atomic E-state index is 13.6. The molecular weight excluding hydrogens is 546 g/mol. The van der Waals surface area contributed by atoms with Gasteiger partial charge in [-0.15, -0.1) is 0 Å². The molecule has 1 atom stereocenters. The summed E-state index contributed by atoms with van der Waals surface area (Å²) >= 11 is 0. The number of nitrogens with one attached hydrogen (secondary N) is 2. The average Bonchev–Trinajstić information content (AvgIpc) is 3.23. The highest BCUT2D eigenvalue weighted by Gasteiger charge is 2.30. The minimum Gasteiger partial charge on any atom is -0.508 e.